The van der Waals surface area contributed by atoms with Gasteiger partial charge in [0.1, 0.15) is 11.6 Å². The molecule has 0 spiro atoms. The van der Waals surface area contributed by atoms with Crippen LogP contribution in [0, 0.1) is 18.7 Å². The highest BCUT2D eigenvalue weighted by atomic mass is 19.1. The summed E-state index contributed by atoms with van der Waals surface area (Å²) in [6.07, 6.45) is 5.02. The van der Waals surface area contributed by atoms with Gasteiger partial charge in [-0.25, -0.2) is 9.37 Å². The number of hydrogen-bond donors (Lipinski definition) is 1. The number of carbonyl (C=O) groups excluding carboxylic acids is 1. The van der Waals surface area contributed by atoms with Crippen molar-refractivity contribution in [3.05, 3.63) is 47.8 Å². The second-order valence-corrected chi connectivity index (χ2v) is 5.20. The van der Waals surface area contributed by atoms with Crippen LogP contribution in [0.5, 0.6) is 0 Å². The molecule has 5 heteroatoms. The minimum absolute atomic E-state index is 0.135. The van der Waals surface area contributed by atoms with Crippen LogP contribution in [0.15, 0.2) is 30.6 Å². The monoisotopic (exact) mass is 273 g/mol. The van der Waals surface area contributed by atoms with Gasteiger partial charge in [0.25, 0.3) is 0 Å². The third-order valence-electron chi connectivity index (χ3n) is 3.70. The molecule has 0 saturated heterocycles. The topological polar surface area (TPSA) is 46.9 Å². The van der Waals surface area contributed by atoms with Crippen molar-refractivity contribution < 1.29 is 9.18 Å². The normalized spacial score (nSPS) is 17.6. The fourth-order valence-electron chi connectivity index (χ4n) is 2.54. The van der Waals surface area contributed by atoms with Crippen molar-refractivity contribution in [3.63, 3.8) is 0 Å². The van der Waals surface area contributed by atoms with Gasteiger partial charge < -0.3 is 9.88 Å². The van der Waals surface area contributed by atoms with Crippen LogP contribution >= 0.6 is 0 Å². The van der Waals surface area contributed by atoms with Gasteiger partial charge in [0.05, 0.1) is 5.69 Å². The molecule has 3 rings (SSSR count). The Morgan fingerprint density at radius 1 is 1.50 bits per heavy atom. The first-order valence-corrected chi connectivity index (χ1v) is 6.70. The number of fused-ring (bicyclic) bond motifs is 1. The van der Waals surface area contributed by atoms with E-state index in [9.17, 15) is 9.18 Å². The van der Waals surface area contributed by atoms with Gasteiger partial charge in [0.2, 0.25) is 5.91 Å². The Kier molecular flexibility index (Phi) is 3.26. The standard InChI is InChI=1S/C15H16FN3O/c1-10-2-3-12(16)13(8-10)18-15(20)11-4-6-19-7-5-17-14(19)9-11/h2-3,5,7-8,11H,4,6,9H2,1H3,(H,18,20). The molecule has 0 saturated carbocycles. The molecule has 1 N–H and O–H groups in total. The molecule has 1 atom stereocenters. The van der Waals surface area contributed by atoms with Crippen molar-refractivity contribution in [1.82, 2.24) is 9.55 Å². The van der Waals surface area contributed by atoms with Gasteiger partial charge in [-0.1, -0.05) is 6.07 Å². The fourth-order valence-corrected chi connectivity index (χ4v) is 2.54. The number of benzene rings is 1. The van der Waals surface area contributed by atoms with Crippen molar-refractivity contribution in [3.8, 4) is 0 Å². The molecule has 1 aromatic heterocycles. The van der Waals surface area contributed by atoms with Crippen LogP contribution in [0.2, 0.25) is 0 Å². The molecule has 1 aliphatic rings. The number of aromatic nitrogens is 2. The average Bonchev–Trinajstić information content (AvgIpc) is 2.90. The third kappa shape index (κ3) is 2.43. The molecule has 0 radical (unpaired) electrons. The van der Waals surface area contributed by atoms with Crippen LogP contribution in [0.3, 0.4) is 0 Å². The predicted octanol–water partition coefficient (Wildman–Crippen LogP) is 2.53. The number of anilines is 1. The number of imidazole rings is 1. The van der Waals surface area contributed by atoms with Crippen molar-refractivity contribution in [2.75, 3.05) is 5.32 Å². The van der Waals surface area contributed by atoms with E-state index in [1.807, 2.05) is 13.1 Å². The van der Waals surface area contributed by atoms with E-state index >= 15 is 0 Å². The molecule has 0 fully saturated rings. The molecule has 4 nitrogen and oxygen atoms in total. The van der Waals surface area contributed by atoms with Gasteiger partial charge in [-0.2, -0.15) is 0 Å². The third-order valence-corrected chi connectivity index (χ3v) is 3.70. The van der Waals surface area contributed by atoms with E-state index in [2.05, 4.69) is 14.9 Å². The summed E-state index contributed by atoms with van der Waals surface area (Å²) in [5, 5.41) is 2.69. The first-order valence-electron chi connectivity index (χ1n) is 6.70. The summed E-state index contributed by atoms with van der Waals surface area (Å²) >= 11 is 0. The summed E-state index contributed by atoms with van der Waals surface area (Å²) in [5.41, 5.74) is 1.17. The highest BCUT2D eigenvalue weighted by Crippen LogP contribution is 2.22. The first kappa shape index (κ1) is 12.8. The summed E-state index contributed by atoms with van der Waals surface area (Å²) in [6, 6.07) is 4.71. The maximum atomic E-state index is 13.7. The van der Waals surface area contributed by atoms with E-state index in [1.165, 1.54) is 6.07 Å². The van der Waals surface area contributed by atoms with Crippen molar-refractivity contribution >= 4 is 11.6 Å². The SMILES string of the molecule is Cc1ccc(F)c(NC(=O)C2CCn3ccnc3C2)c1. The smallest absolute Gasteiger partial charge is 0.228 e. The number of nitrogens with one attached hydrogen (secondary N) is 1. The lowest BCUT2D eigenvalue weighted by atomic mass is 9.96. The Labute approximate surface area is 116 Å². The van der Waals surface area contributed by atoms with Crippen LogP contribution in [0.4, 0.5) is 10.1 Å². The van der Waals surface area contributed by atoms with Crippen LogP contribution in [0.25, 0.3) is 0 Å². The maximum Gasteiger partial charge on any atom is 0.228 e. The second-order valence-electron chi connectivity index (χ2n) is 5.20. The summed E-state index contributed by atoms with van der Waals surface area (Å²) < 4.78 is 15.7. The van der Waals surface area contributed by atoms with Gasteiger partial charge in [0.15, 0.2) is 0 Å². The lowest BCUT2D eigenvalue weighted by Crippen LogP contribution is -2.30. The summed E-state index contributed by atoms with van der Waals surface area (Å²) in [7, 11) is 0. The second kappa shape index (κ2) is 5.07. The molecule has 2 aromatic rings. The first-order chi connectivity index (χ1) is 9.63. The predicted molar refractivity (Wildman–Crippen MR) is 73.8 cm³/mol. The lowest BCUT2D eigenvalue weighted by molar-refractivity contribution is -0.120. The molecule has 2 heterocycles. The maximum absolute atomic E-state index is 13.7. The number of aryl methyl sites for hydroxylation is 2. The molecule has 1 aromatic carbocycles. The number of hydrogen-bond acceptors (Lipinski definition) is 2. The molecule has 1 amide bonds. The fraction of sp³-hybridized carbons (Fsp3) is 0.333. The molecule has 0 aliphatic carbocycles. The zero-order chi connectivity index (χ0) is 14.1. The molecular weight excluding hydrogens is 257 g/mol. The van der Waals surface area contributed by atoms with E-state index in [0.717, 1.165) is 24.4 Å². The van der Waals surface area contributed by atoms with Gasteiger partial charge in [0, 0.05) is 31.3 Å². The van der Waals surface area contributed by atoms with Gasteiger partial charge >= 0.3 is 0 Å². The van der Waals surface area contributed by atoms with Gasteiger partial charge in [-0.15, -0.1) is 0 Å². The van der Waals surface area contributed by atoms with Crippen LogP contribution in [-0.4, -0.2) is 15.5 Å². The van der Waals surface area contributed by atoms with E-state index in [4.69, 9.17) is 0 Å². The Morgan fingerprint density at radius 2 is 2.35 bits per heavy atom. The van der Waals surface area contributed by atoms with E-state index in [0.29, 0.717) is 6.42 Å². The van der Waals surface area contributed by atoms with Crippen molar-refractivity contribution in [2.45, 2.75) is 26.3 Å². The Morgan fingerprint density at radius 3 is 3.20 bits per heavy atom. The highest BCUT2D eigenvalue weighted by molar-refractivity contribution is 5.92. The van der Waals surface area contributed by atoms with Crippen molar-refractivity contribution in [2.24, 2.45) is 5.92 Å². The molecule has 0 bridgehead atoms. The molecule has 20 heavy (non-hydrogen) atoms. The van der Waals surface area contributed by atoms with Crippen LogP contribution < -0.4 is 5.32 Å². The lowest BCUT2D eigenvalue weighted by Gasteiger charge is -2.22. The minimum atomic E-state index is -0.402. The Bertz CT molecular complexity index is 650. The molecule has 1 unspecified atom stereocenters. The number of rotatable bonds is 2. The van der Waals surface area contributed by atoms with Crippen molar-refractivity contribution in [1.29, 1.82) is 0 Å². The summed E-state index contributed by atoms with van der Waals surface area (Å²) in [6.45, 7) is 2.65. The number of halogens is 1. The number of amides is 1. The Hall–Kier alpha value is -2.17. The number of carbonyl (C=O) groups is 1. The minimum Gasteiger partial charge on any atom is -0.335 e. The highest BCUT2D eigenvalue weighted by Gasteiger charge is 2.25. The van der Waals surface area contributed by atoms with Crippen LogP contribution in [0.1, 0.15) is 17.8 Å². The van der Waals surface area contributed by atoms with Gasteiger partial charge in [-0.3, -0.25) is 4.79 Å². The molecular formula is C15H16FN3O. The average molecular weight is 273 g/mol. The van der Waals surface area contributed by atoms with E-state index in [1.54, 1.807) is 18.3 Å². The molecule has 1 aliphatic heterocycles. The Balaban J connectivity index is 1.73. The largest absolute Gasteiger partial charge is 0.335 e. The zero-order valence-corrected chi connectivity index (χ0v) is 11.3. The van der Waals surface area contributed by atoms with Crippen LogP contribution in [-0.2, 0) is 17.8 Å². The van der Waals surface area contributed by atoms with Gasteiger partial charge in [-0.05, 0) is 31.0 Å². The summed E-state index contributed by atoms with van der Waals surface area (Å²) in [4.78, 5) is 16.5. The van der Waals surface area contributed by atoms with E-state index < -0.39 is 5.82 Å². The summed E-state index contributed by atoms with van der Waals surface area (Å²) in [5.74, 6) is 0.232. The molecule has 104 valence electrons. The quantitative estimate of drug-likeness (QED) is 0.914. The zero-order valence-electron chi connectivity index (χ0n) is 11.3. The van der Waals surface area contributed by atoms with E-state index in [-0.39, 0.29) is 17.5 Å². The number of nitrogens with zero attached hydrogens (tertiary/aromatic N) is 2.